The Labute approximate surface area is 127 Å². The molecule has 21 heavy (non-hydrogen) atoms. The SMILES string of the molecule is CCOc1cc(CNCC2(CO)CCCC2)ccc1OC. The molecule has 0 saturated heterocycles. The minimum atomic E-state index is 0.0925. The van der Waals surface area contributed by atoms with Gasteiger partial charge in [-0.05, 0) is 37.5 Å². The number of ether oxygens (including phenoxy) is 2. The van der Waals surface area contributed by atoms with Gasteiger partial charge >= 0.3 is 0 Å². The van der Waals surface area contributed by atoms with E-state index >= 15 is 0 Å². The first kappa shape index (κ1) is 16.1. The summed E-state index contributed by atoms with van der Waals surface area (Å²) in [5.41, 5.74) is 1.26. The maximum atomic E-state index is 9.62. The summed E-state index contributed by atoms with van der Waals surface area (Å²) in [6.07, 6.45) is 4.73. The van der Waals surface area contributed by atoms with Crippen LogP contribution in [-0.4, -0.2) is 32.0 Å². The fraction of sp³-hybridized carbons (Fsp3) is 0.647. The highest BCUT2D eigenvalue weighted by molar-refractivity contribution is 5.42. The Kier molecular flexibility index (Phi) is 5.88. The zero-order chi connectivity index (χ0) is 15.1. The third kappa shape index (κ3) is 4.11. The van der Waals surface area contributed by atoms with Gasteiger partial charge in [-0.1, -0.05) is 18.9 Å². The summed E-state index contributed by atoms with van der Waals surface area (Å²) in [7, 11) is 1.65. The third-order valence-electron chi connectivity index (χ3n) is 4.36. The van der Waals surface area contributed by atoms with Crippen molar-refractivity contribution in [3.63, 3.8) is 0 Å². The van der Waals surface area contributed by atoms with Gasteiger partial charge in [-0.25, -0.2) is 0 Å². The van der Waals surface area contributed by atoms with E-state index in [1.165, 1.54) is 18.4 Å². The summed E-state index contributed by atoms with van der Waals surface area (Å²) in [5.74, 6) is 1.56. The molecule has 1 aliphatic carbocycles. The van der Waals surface area contributed by atoms with E-state index in [4.69, 9.17) is 9.47 Å². The average molecular weight is 293 g/mol. The summed E-state index contributed by atoms with van der Waals surface area (Å²) in [6.45, 7) is 4.54. The van der Waals surface area contributed by atoms with Gasteiger partial charge in [0.25, 0.3) is 0 Å². The molecule has 0 atom stereocenters. The molecular formula is C17H27NO3. The van der Waals surface area contributed by atoms with Gasteiger partial charge in [0, 0.05) is 25.1 Å². The van der Waals surface area contributed by atoms with Crippen LogP contribution >= 0.6 is 0 Å². The molecule has 4 nitrogen and oxygen atoms in total. The van der Waals surface area contributed by atoms with E-state index in [0.29, 0.717) is 6.61 Å². The maximum absolute atomic E-state index is 9.62. The first-order valence-electron chi connectivity index (χ1n) is 7.84. The van der Waals surface area contributed by atoms with Crippen molar-refractivity contribution < 1.29 is 14.6 Å². The fourth-order valence-corrected chi connectivity index (χ4v) is 3.09. The van der Waals surface area contributed by atoms with Crippen molar-refractivity contribution in [2.75, 3.05) is 26.9 Å². The zero-order valence-corrected chi connectivity index (χ0v) is 13.2. The molecule has 2 rings (SSSR count). The maximum Gasteiger partial charge on any atom is 0.161 e. The largest absolute Gasteiger partial charge is 0.493 e. The molecule has 1 aliphatic rings. The molecule has 0 radical (unpaired) electrons. The molecule has 118 valence electrons. The molecule has 1 aromatic rings. The van der Waals surface area contributed by atoms with Gasteiger partial charge in [0.2, 0.25) is 0 Å². The number of aliphatic hydroxyl groups excluding tert-OH is 1. The van der Waals surface area contributed by atoms with E-state index in [0.717, 1.165) is 37.4 Å². The monoisotopic (exact) mass is 293 g/mol. The lowest BCUT2D eigenvalue weighted by molar-refractivity contribution is 0.128. The lowest BCUT2D eigenvalue weighted by Gasteiger charge is -2.26. The van der Waals surface area contributed by atoms with E-state index in [-0.39, 0.29) is 12.0 Å². The van der Waals surface area contributed by atoms with Crippen LogP contribution in [0.3, 0.4) is 0 Å². The lowest BCUT2D eigenvalue weighted by Crippen LogP contribution is -2.34. The third-order valence-corrected chi connectivity index (χ3v) is 4.36. The Morgan fingerprint density at radius 2 is 2.00 bits per heavy atom. The van der Waals surface area contributed by atoms with Gasteiger partial charge in [-0.3, -0.25) is 0 Å². The second kappa shape index (κ2) is 7.66. The Morgan fingerprint density at radius 1 is 1.24 bits per heavy atom. The summed E-state index contributed by atoms with van der Waals surface area (Å²) in [6, 6.07) is 6.02. The van der Waals surface area contributed by atoms with Crippen LogP contribution in [0.1, 0.15) is 38.2 Å². The summed E-state index contributed by atoms with van der Waals surface area (Å²) >= 11 is 0. The number of nitrogens with one attached hydrogen (secondary N) is 1. The standard InChI is InChI=1S/C17H27NO3/c1-3-21-16-10-14(6-7-15(16)20-2)11-18-12-17(13-19)8-4-5-9-17/h6-7,10,18-19H,3-5,8-9,11-13H2,1-2H3. The van der Waals surface area contributed by atoms with Crippen LogP contribution in [0.25, 0.3) is 0 Å². The quantitative estimate of drug-likeness (QED) is 0.774. The van der Waals surface area contributed by atoms with Gasteiger partial charge in [0.05, 0.1) is 13.7 Å². The zero-order valence-electron chi connectivity index (χ0n) is 13.2. The highest BCUT2D eigenvalue weighted by atomic mass is 16.5. The molecule has 1 fully saturated rings. The molecule has 0 aromatic heterocycles. The molecule has 0 bridgehead atoms. The molecule has 4 heteroatoms. The number of methoxy groups -OCH3 is 1. The highest BCUT2D eigenvalue weighted by Gasteiger charge is 2.32. The Morgan fingerprint density at radius 3 is 2.62 bits per heavy atom. The number of aliphatic hydroxyl groups is 1. The topological polar surface area (TPSA) is 50.7 Å². The van der Waals surface area contributed by atoms with Gasteiger partial charge < -0.3 is 19.9 Å². The van der Waals surface area contributed by atoms with Crippen molar-refractivity contribution in [2.45, 2.75) is 39.2 Å². The molecule has 0 heterocycles. The van der Waals surface area contributed by atoms with Crippen molar-refractivity contribution in [3.8, 4) is 11.5 Å². The number of benzene rings is 1. The average Bonchev–Trinajstić information content (AvgIpc) is 2.97. The molecular weight excluding hydrogens is 266 g/mol. The van der Waals surface area contributed by atoms with Crippen molar-refractivity contribution in [2.24, 2.45) is 5.41 Å². The Hall–Kier alpha value is -1.26. The molecule has 0 amide bonds. The van der Waals surface area contributed by atoms with Crippen LogP contribution in [0.15, 0.2) is 18.2 Å². The van der Waals surface area contributed by atoms with E-state index in [1.807, 2.05) is 19.1 Å². The van der Waals surface area contributed by atoms with Crippen LogP contribution in [0, 0.1) is 5.41 Å². The second-order valence-corrected chi connectivity index (χ2v) is 5.89. The molecule has 0 aliphatic heterocycles. The highest BCUT2D eigenvalue weighted by Crippen LogP contribution is 2.37. The minimum Gasteiger partial charge on any atom is -0.493 e. The smallest absolute Gasteiger partial charge is 0.161 e. The number of rotatable bonds is 8. The predicted octanol–water partition coefficient (Wildman–Crippen LogP) is 2.74. The molecule has 1 saturated carbocycles. The predicted molar refractivity (Wildman–Crippen MR) is 83.9 cm³/mol. The van der Waals surface area contributed by atoms with Crippen molar-refractivity contribution in [1.82, 2.24) is 5.32 Å². The Balaban J connectivity index is 1.92. The summed E-state index contributed by atoms with van der Waals surface area (Å²) in [4.78, 5) is 0. The molecule has 2 N–H and O–H groups in total. The van der Waals surface area contributed by atoms with Crippen molar-refractivity contribution in [3.05, 3.63) is 23.8 Å². The van der Waals surface area contributed by atoms with Gasteiger partial charge in [0.15, 0.2) is 11.5 Å². The molecule has 1 aromatic carbocycles. The first-order valence-corrected chi connectivity index (χ1v) is 7.84. The second-order valence-electron chi connectivity index (χ2n) is 5.89. The molecule has 0 spiro atoms. The fourth-order valence-electron chi connectivity index (χ4n) is 3.09. The Bertz CT molecular complexity index is 442. The van der Waals surface area contributed by atoms with Crippen molar-refractivity contribution >= 4 is 0 Å². The van der Waals surface area contributed by atoms with E-state index in [2.05, 4.69) is 11.4 Å². The lowest BCUT2D eigenvalue weighted by atomic mass is 9.87. The number of hydrogen-bond acceptors (Lipinski definition) is 4. The normalized spacial score (nSPS) is 16.9. The van der Waals surface area contributed by atoms with Crippen LogP contribution in [0.2, 0.25) is 0 Å². The van der Waals surface area contributed by atoms with Gasteiger partial charge in [0.1, 0.15) is 0 Å². The minimum absolute atomic E-state index is 0.0925. The van der Waals surface area contributed by atoms with Crippen LogP contribution < -0.4 is 14.8 Å². The first-order chi connectivity index (χ1) is 10.2. The summed E-state index contributed by atoms with van der Waals surface area (Å²) in [5, 5.41) is 13.1. The molecule has 0 unspecified atom stereocenters. The van der Waals surface area contributed by atoms with E-state index in [1.54, 1.807) is 7.11 Å². The van der Waals surface area contributed by atoms with Gasteiger partial charge in [-0.2, -0.15) is 0 Å². The summed E-state index contributed by atoms with van der Waals surface area (Å²) < 4.78 is 10.9. The van der Waals surface area contributed by atoms with Gasteiger partial charge in [-0.15, -0.1) is 0 Å². The van der Waals surface area contributed by atoms with E-state index < -0.39 is 0 Å². The number of hydrogen-bond donors (Lipinski definition) is 2. The van der Waals surface area contributed by atoms with Crippen LogP contribution in [-0.2, 0) is 6.54 Å². The van der Waals surface area contributed by atoms with Crippen LogP contribution in [0.5, 0.6) is 11.5 Å². The van der Waals surface area contributed by atoms with Crippen molar-refractivity contribution in [1.29, 1.82) is 0 Å². The van der Waals surface area contributed by atoms with Crippen LogP contribution in [0.4, 0.5) is 0 Å². The van der Waals surface area contributed by atoms with E-state index in [9.17, 15) is 5.11 Å².